The Morgan fingerprint density at radius 3 is 3.25 bits per heavy atom. The van der Waals surface area contributed by atoms with E-state index in [0.717, 1.165) is 12.3 Å². The third kappa shape index (κ3) is 0.694. The van der Waals surface area contributed by atoms with Gasteiger partial charge in [0.1, 0.15) is 0 Å². The van der Waals surface area contributed by atoms with Gasteiger partial charge >= 0.3 is 0 Å². The van der Waals surface area contributed by atoms with Crippen LogP contribution in [0, 0.1) is 0 Å². The van der Waals surface area contributed by atoms with E-state index in [1.54, 1.807) is 0 Å². The molecule has 2 heterocycles. The average molecular weight is 159 g/mol. The van der Waals surface area contributed by atoms with E-state index in [-0.39, 0.29) is 0 Å². The molecule has 0 saturated heterocycles. The number of hydrogen-bond donors (Lipinski definition) is 0. The molecule has 0 radical (unpaired) electrons. The molecule has 2 aliphatic rings. The van der Waals surface area contributed by atoms with Gasteiger partial charge in [-0.2, -0.15) is 0 Å². The number of benzene rings is 1. The monoisotopic (exact) mass is 159 g/mol. The van der Waals surface area contributed by atoms with Crippen LogP contribution in [0.5, 0.6) is 5.75 Å². The third-order valence-electron chi connectivity index (χ3n) is 2.40. The van der Waals surface area contributed by atoms with Gasteiger partial charge in [0.05, 0.1) is 6.54 Å². The van der Waals surface area contributed by atoms with E-state index in [1.165, 1.54) is 5.56 Å². The fourth-order valence-electron chi connectivity index (χ4n) is 1.78. The molecular formula is C10H9NO. The average Bonchev–Trinajstić information content (AvgIpc) is 2.49. The van der Waals surface area contributed by atoms with Crippen molar-refractivity contribution in [2.45, 2.75) is 5.92 Å². The highest BCUT2D eigenvalue weighted by Gasteiger charge is 2.27. The van der Waals surface area contributed by atoms with Crippen molar-refractivity contribution < 1.29 is 4.84 Å². The Labute approximate surface area is 71.0 Å². The molecule has 1 unspecified atom stereocenters. The molecule has 1 atom stereocenters. The lowest BCUT2D eigenvalue weighted by atomic mass is 9.99. The first-order chi connectivity index (χ1) is 5.93. The van der Waals surface area contributed by atoms with E-state index in [0.29, 0.717) is 5.92 Å². The van der Waals surface area contributed by atoms with E-state index >= 15 is 0 Å². The minimum absolute atomic E-state index is 0.537. The molecular weight excluding hydrogens is 150 g/mol. The van der Waals surface area contributed by atoms with Crippen molar-refractivity contribution in [3.05, 3.63) is 42.1 Å². The number of nitrogens with zero attached hydrogens (tertiary/aromatic N) is 1. The van der Waals surface area contributed by atoms with Gasteiger partial charge in [0, 0.05) is 17.7 Å². The molecule has 0 aromatic heterocycles. The molecule has 2 aliphatic heterocycles. The highest BCUT2D eigenvalue weighted by Crippen LogP contribution is 2.36. The topological polar surface area (TPSA) is 12.5 Å². The van der Waals surface area contributed by atoms with Gasteiger partial charge < -0.3 is 4.84 Å². The molecule has 1 aromatic carbocycles. The van der Waals surface area contributed by atoms with Crippen LogP contribution in [0.2, 0.25) is 0 Å². The van der Waals surface area contributed by atoms with Crippen LogP contribution in [-0.2, 0) is 0 Å². The lowest BCUT2D eigenvalue weighted by Crippen LogP contribution is -2.26. The summed E-state index contributed by atoms with van der Waals surface area (Å²) in [4.78, 5) is 5.57. The summed E-state index contributed by atoms with van der Waals surface area (Å²) in [5.74, 6) is 1.54. The summed E-state index contributed by atoms with van der Waals surface area (Å²) >= 11 is 0. The Hall–Kier alpha value is -1.44. The van der Waals surface area contributed by atoms with E-state index in [1.807, 2.05) is 23.4 Å². The first kappa shape index (κ1) is 6.12. The molecule has 0 saturated carbocycles. The maximum absolute atomic E-state index is 5.57. The molecule has 0 spiro atoms. The van der Waals surface area contributed by atoms with Gasteiger partial charge in [0.25, 0.3) is 0 Å². The van der Waals surface area contributed by atoms with Gasteiger partial charge in [0.15, 0.2) is 5.75 Å². The van der Waals surface area contributed by atoms with Crippen molar-refractivity contribution >= 4 is 0 Å². The molecule has 0 aliphatic carbocycles. The van der Waals surface area contributed by atoms with E-state index < -0.39 is 0 Å². The van der Waals surface area contributed by atoms with Crippen molar-refractivity contribution in [3.63, 3.8) is 0 Å². The summed E-state index contributed by atoms with van der Waals surface area (Å²) in [6.07, 6.45) is 4.19. The van der Waals surface area contributed by atoms with Crippen LogP contribution in [0.3, 0.4) is 0 Å². The molecule has 3 rings (SSSR count). The van der Waals surface area contributed by atoms with Gasteiger partial charge in [-0.1, -0.05) is 24.3 Å². The number of hydroxylamine groups is 2. The smallest absolute Gasteiger partial charge is 0.159 e. The summed E-state index contributed by atoms with van der Waals surface area (Å²) in [7, 11) is 0. The Morgan fingerprint density at radius 2 is 2.25 bits per heavy atom. The Balaban J connectivity index is 2.17. The van der Waals surface area contributed by atoms with Crippen molar-refractivity contribution in [1.82, 2.24) is 5.06 Å². The van der Waals surface area contributed by atoms with Gasteiger partial charge in [0.2, 0.25) is 0 Å². The van der Waals surface area contributed by atoms with Crippen molar-refractivity contribution in [2.75, 3.05) is 6.54 Å². The predicted molar refractivity (Wildman–Crippen MR) is 45.7 cm³/mol. The number of rotatable bonds is 0. The predicted octanol–water partition coefficient (Wildman–Crippen LogP) is 1.91. The normalized spacial score (nSPS) is 23.7. The van der Waals surface area contributed by atoms with Gasteiger partial charge in [-0.15, -0.1) is 0 Å². The van der Waals surface area contributed by atoms with Gasteiger partial charge in [-0.05, 0) is 6.07 Å². The van der Waals surface area contributed by atoms with Crippen molar-refractivity contribution in [1.29, 1.82) is 0 Å². The second kappa shape index (κ2) is 2.03. The molecule has 2 bridgehead atoms. The highest BCUT2D eigenvalue weighted by atomic mass is 16.7. The van der Waals surface area contributed by atoms with E-state index in [4.69, 9.17) is 4.84 Å². The third-order valence-corrected chi connectivity index (χ3v) is 2.40. The zero-order valence-electron chi connectivity index (χ0n) is 6.60. The number of hydrogen-bond acceptors (Lipinski definition) is 2. The molecule has 0 amide bonds. The van der Waals surface area contributed by atoms with Crippen LogP contribution in [0.1, 0.15) is 11.5 Å². The molecule has 0 N–H and O–H groups in total. The molecule has 2 nitrogen and oxygen atoms in total. The SMILES string of the molecule is C1=CN2CC1c1ccccc1O2. The summed E-state index contributed by atoms with van der Waals surface area (Å²) in [5.41, 5.74) is 1.31. The lowest BCUT2D eigenvalue weighted by molar-refractivity contribution is -0.0121. The van der Waals surface area contributed by atoms with Crippen LogP contribution in [0.25, 0.3) is 0 Å². The van der Waals surface area contributed by atoms with Crippen LogP contribution < -0.4 is 4.84 Å². The highest BCUT2D eigenvalue weighted by molar-refractivity contribution is 5.41. The van der Waals surface area contributed by atoms with Crippen LogP contribution >= 0.6 is 0 Å². The second-order valence-electron chi connectivity index (χ2n) is 3.18. The van der Waals surface area contributed by atoms with Crippen molar-refractivity contribution in [3.8, 4) is 5.75 Å². The zero-order chi connectivity index (χ0) is 7.97. The number of para-hydroxylation sites is 1. The van der Waals surface area contributed by atoms with Crippen LogP contribution in [0.4, 0.5) is 0 Å². The van der Waals surface area contributed by atoms with Gasteiger partial charge in [-0.3, -0.25) is 0 Å². The number of fused-ring (bicyclic) bond motifs is 4. The molecule has 1 aromatic rings. The van der Waals surface area contributed by atoms with Crippen LogP contribution in [-0.4, -0.2) is 11.6 Å². The first-order valence-electron chi connectivity index (χ1n) is 4.15. The summed E-state index contributed by atoms with van der Waals surface area (Å²) in [6.45, 7) is 0.969. The van der Waals surface area contributed by atoms with E-state index in [2.05, 4.69) is 18.2 Å². The maximum Gasteiger partial charge on any atom is 0.159 e. The minimum atomic E-state index is 0.537. The lowest BCUT2D eigenvalue weighted by Gasteiger charge is -2.26. The minimum Gasteiger partial charge on any atom is -0.380 e. The fourth-order valence-corrected chi connectivity index (χ4v) is 1.78. The Morgan fingerprint density at radius 1 is 1.33 bits per heavy atom. The Kier molecular flexibility index (Phi) is 1.04. The zero-order valence-corrected chi connectivity index (χ0v) is 6.60. The molecule has 0 fully saturated rings. The van der Waals surface area contributed by atoms with E-state index in [9.17, 15) is 0 Å². The second-order valence-corrected chi connectivity index (χ2v) is 3.18. The standard InChI is InChI=1S/C10H9NO/c1-2-4-10-9(3-1)8-5-6-11(7-8)12-10/h1-6,8H,7H2. The maximum atomic E-state index is 5.57. The van der Waals surface area contributed by atoms with Crippen LogP contribution in [0.15, 0.2) is 36.5 Å². The molecule has 60 valence electrons. The molecule has 2 heteroatoms. The van der Waals surface area contributed by atoms with Gasteiger partial charge in [-0.25, -0.2) is 5.06 Å². The quantitative estimate of drug-likeness (QED) is 0.573. The summed E-state index contributed by atoms with van der Waals surface area (Å²) < 4.78 is 0. The Bertz CT molecular complexity index is 345. The van der Waals surface area contributed by atoms with Crippen molar-refractivity contribution in [2.24, 2.45) is 0 Å². The largest absolute Gasteiger partial charge is 0.380 e. The summed E-state index contributed by atoms with van der Waals surface area (Å²) in [5, 5.41) is 1.88. The fraction of sp³-hybridized carbons (Fsp3) is 0.200. The molecule has 12 heavy (non-hydrogen) atoms. The summed E-state index contributed by atoms with van der Waals surface area (Å²) in [6, 6.07) is 8.21. The first-order valence-corrected chi connectivity index (χ1v) is 4.15.